The molecule has 2 rings (SSSR count). The van der Waals surface area contributed by atoms with E-state index >= 15 is 0 Å². The largest absolute Gasteiger partial charge is 0.494 e. The van der Waals surface area contributed by atoms with Crippen LogP contribution >= 0.6 is 0 Å². The van der Waals surface area contributed by atoms with Crippen LogP contribution in [-0.2, 0) is 4.79 Å². The molecule has 0 aliphatic heterocycles. The quantitative estimate of drug-likeness (QED) is 0.477. The average Bonchev–Trinajstić information content (AvgIpc) is 2.62. The molecule has 1 amide bonds. The number of rotatable bonds is 9. The third kappa shape index (κ3) is 7.25. The summed E-state index contributed by atoms with van der Waals surface area (Å²) in [7, 11) is 0. The van der Waals surface area contributed by atoms with Crippen LogP contribution in [0.3, 0.4) is 0 Å². The molecule has 2 aromatic carbocycles. The number of unbranched alkanes of at least 4 members (excludes halogenated alkanes) is 3. The lowest BCUT2D eigenvalue weighted by atomic mass is 10.1. The Labute approximate surface area is 150 Å². The van der Waals surface area contributed by atoms with Crippen molar-refractivity contribution in [1.29, 1.82) is 0 Å². The van der Waals surface area contributed by atoms with Crippen LogP contribution in [0.1, 0.15) is 43.7 Å². The number of hydrogen-bond acceptors (Lipinski definition) is 2. The fraction of sp³-hybridized carbons (Fsp3) is 0.318. The fourth-order valence-corrected chi connectivity index (χ4v) is 2.39. The Hall–Kier alpha value is -2.55. The highest BCUT2D eigenvalue weighted by Gasteiger charge is 1.99. The van der Waals surface area contributed by atoms with Gasteiger partial charge in [0.1, 0.15) is 5.75 Å². The predicted octanol–water partition coefficient (Wildman–Crippen LogP) is 5.61. The molecule has 0 spiro atoms. The maximum Gasteiger partial charge on any atom is 0.248 e. The van der Waals surface area contributed by atoms with Gasteiger partial charge < -0.3 is 10.1 Å². The maximum absolute atomic E-state index is 12.0. The number of aryl methyl sites for hydroxylation is 1. The van der Waals surface area contributed by atoms with Crippen LogP contribution in [0.5, 0.6) is 5.75 Å². The summed E-state index contributed by atoms with van der Waals surface area (Å²) in [5, 5.41) is 2.85. The van der Waals surface area contributed by atoms with E-state index in [2.05, 4.69) is 12.2 Å². The second-order valence-corrected chi connectivity index (χ2v) is 6.17. The number of benzene rings is 2. The van der Waals surface area contributed by atoms with Crippen LogP contribution in [0.2, 0.25) is 0 Å². The zero-order chi connectivity index (χ0) is 17.9. The summed E-state index contributed by atoms with van der Waals surface area (Å²) in [5.74, 6) is 0.693. The SMILES string of the molecule is CCCCCCOc1ccc(NC(=O)/C=C/c2ccc(C)cc2)cc1. The molecule has 2 aromatic rings. The molecule has 0 saturated carbocycles. The van der Waals surface area contributed by atoms with E-state index < -0.39 is 0 Å². The molecule has 0 aliphatic carbocycles. The highest BCUT2D eigenvalue weighted by atomic mass is 16.5. The highest BCUT2D eigenvalue weighted by molar-refractivity contribution is 6.01. The molecule has 3 heteroatoms. The van der Waals surface area contributed by atoms with Gasteiger partial charge in [-0.15, -0.1) is 0 Å². The van der Waals surface area contributed by atoms with Gasteiger partial charge in [-0.2, -0.15) is 0 Å². The predicted molar refractivity (Wildman–Crippen MR) is 105 cm³/mol. The summed E-state index contributed by atoms with van der Waals surface area (Å²) < 4.78 is 5.70. The van der Waals surface area contributed by atoms with E-state index in [9.17, 15) is 4.79 Å². The van der Waals surface area contributed by atoms with E-state index in [1.54, 1.807) is 6.08 Å². The molecule has 0 bridgehead atoms. The molecule has 0 aromatic heterocycles. The minimum absolute atomic E-state index is 0.145. The molecule has 0 fully saturated rings. The van der Waals surface area contributed by atoms with E-state index in [1.807, 2.05) is 61.5 Å². The summed E-state index contributed by atoms with van der Waals surface area (Å²) in [6.45, 7) is 4.98. The lowest BCUT2D eigenvalue weighted by molar-refractivity contribution is -0.111. The van der Waals surface area contributed by atoms with Crippen LogP contribution in [-0.4, -0.2) is 12.5 Å². The number of carbonyl (C=O) groups excluding carboxylic acids is 1. The molecular formula is C22H27NO2. The average molecular weight is 337 g/mol. The minimum Gasteiger partial charge on any atom is -0.494 e. The normalized spacial score (nSPS) is 10.8. The Bertz CT molecular complexity index is 672. The van der Waals surface area contributed by atoms with E-state index in [0.717, 1.165) is 30.0 Å². The topological polar surface area (TPSA) is 38.3 Å². The lowest BCUT2D eigenvalue weighted by Crippen LogP contribution is -2.07. The minimum atomic E-state index is -0.145. The summed E-state index contributed by atoms with van der Waals surface area (Å²) in [6, 6.07) is 15.5. The molecule has 1 N–H and O–H groups in total. The highest BCUT2D eigenvalue weighted by Crippen LogP contribution is 2.16. The second kappa shape index (κ2) is 10.3. The number of carbonyl (C=O) groups is 1. The first-order valence-corrected chi connectivity index (χ1v) is 8.96. The number of ether oxygens (including phenoxy) is 1. The Balaban J connectivity index is 1.78. The van der Waals surface area contributed by atoms with Crippen molar-refractivity contribution in [3.8, 4) is 5.75 Å². The number of anilines is 1. The van der Waals surface area contributed by atoms with Crippen LogP contribution in [0.25, 0.3) is 6.08 Å². The van der Waals surface area contributed by atoms with Gasteiger partial charge in [-0.05, 0) is 49.2 Å². The maximum atomic E-state index is 12.0. The van der Waals surface area contributed by atoms with Gasteiger partial charge in [-0.1, -0.05) is 56.0 Å². The fourth-order valence-electron chi connectivity index (χ4n) is 2.39. The molecule has 0 atom stereocenters. The lowest BCUT2D eigenvalue weighted by Gasteiger charge is -2.07. The van der Waals surface area contributed by atoms with Crippen molar-refractivity contribution in [2.24, 2.45) is 0 Å². The van der Waals surface area contributed by atoms with E-state index in [-0.39, 0.29) is 5.91 Å². The van der Waals surface area contributed by atoms with Crippen molar-refractivity contribution in [2.45, 2.75) is 39.5 Å². The standard InChI is InChI=1S/C22H27NO2/c1-3-4-5-6-17-25-21-14-12-20(13-15-21)23-22(24)16-11-19-9-7-18(2)8-10-19/h7-16H,3-6,17H2,1-2H3,(H,23,24)/b16-11+. The molecule has 0 radical (unpaired) electrons. The van der Waals surface area contributed by atoms with Gasteiger partial charge in [0, 0.05) is 11.8 Å². The zero-order valence-corrected chi connectivity index (χ0v) is 15.1. The summed E-state index contributed by atoms with van der Waals surface area (Å²) in [5.41, 5.74) is 2.97. The molecular weight excluding hydrogens is 310 g/mol. The van der Waals surface area contributed by atoms with Crippen molar-refractivity contribution in [2.75, 3.05) is 11.9 Å². The van der Waals surface area contributed by atoms with E-state index in [0.29, 0.717) is 0 Å². The van der Waals surface area contributed by atoms with Crippen molar-refractivity contribution in [3.05, 3.63) is 65.7 Å². The summed E-state index contributed by atoms with van der Waals surface area (Å²) in [4.78, 5) is 12.0. The first-order valence-electron chi connectivity index (χ1n) is 8.96. The second-order valence-electron chi connectivity index (χ2n) is 6.17. The molecule has 0 saturated heterocycles. The number of hydrogen-bond donors (Lipinski definition) is 1. The first kappa shape index (κ1) is 18.8. The zero-order valence-electron chi connectivity index (χ0n) is 15.1. The Kier molecular flexibility index (Phi) is 7.77. The van der Waals surface area contributed by atoms with Crippen LogP contribution in [0.4, 0.5) is 5.69 Å². The van der Waals surface area contributed by atoms with Crippen molar-refractivity contribution < 1.29 is 9.53 Å². The van der Waals surface area contributed by atoms with E-state index in [4.69, 9.17) is 4.74 Å². The van der Waals surface area contributed by atoms with Gasteiger partial charge in [0.25, 0.3) is 0 Å². The van der Waals surface area contributed by atoms with E-state index in [1.165, 1.54) is 24.8 Å². The Morgan fingerprint density at radius 1 is 1.00 bits per heavy atom. The van der Waals surface area contributed by atoms with Crippen molar-refractivity contribution in [3.63, 3.8) is 0 Å². The Morgan fingerprint density at radius 3 is 2.40 bits per heavy atom. The van der Waals surface area contributed by atoms with Crippen molar-refractivity contribution in [1.82, 2.24) is 0 Å². The monoisotopic (exact) mass is 337 g/mol. The summed E-state index contributed by atoms with van der Waals surface area (Å²) >= 11 is 0. The van der Waals surface area contributed by atoms with Crippen LogP contribution < -0.4 is 10.1 Å². The summed E-state index contributed by atoms with van der Waals surface area (Å²) in [6.07, 6.45) is 8.12. The third-order valence-corrected chi connectivity index (χ3v) is 3.89. The van der Waals surface area contributed by atoms with Crippen molar-refractivity contribution >= 4 is 17.7 Å². The van der Waals surface area contributed by atoms with Gasteiger partial charge in [0.15, 0.2) is 0 Å². The molecule has 0 unspecified atom stereocenters. The van der Waals surface area contributed by atoms with Crippen LogP contribution in [0, 0.1) is 6.92 Å². The van der Waals surface area contributed by atoms with Gasteiger partial charge in [-0.25, -0.2) is 0 Å². The smallest absolute Gasteiger partial charge is 0.248 e. The number of nitrogens with one attached hydrogen (secondary N) is 1. The van der Waals surface area contributed by atoms with Gasteiger partial charge in [0.05, 0.1) is 6.61 Å². The van der Waals surface area contributed by atoms with Gasteiger partial charge in [-0.3, -0.25) is 4.79 Å². The van der Waals surface area contributed by atoms with Crippen LogP contribution in [0.15, 0.2) is 54.6 Å². The molecule has 132 valence electrons. The third-order valence-electron chi connectivity index (χ3n) is 3.89. The molecule has 0 aliphatic rings. The Morgan fingerprint density at radius 2 is 1.72 bits per heavy atom. The molecule has 3 nitrogen and oxygen atoms in total. The number of amides is 1. The molecule has 25 heavy (non-hydrogen) atoms. The van der Waals surface area contributed by atoms with Gasteiger partial charge >= 0.3 is 0 Å². The first-order chi connectivity index (χ1) is 12.2. The van der Waals surface area contributed by atoms with Gasteiger partial charge in [0.2, 0.25) is 5.91 Å². The molecule has 0 heterocycles.